The van der Waals surface area contributed by atoms with Crippen LogP contribution in [0.2, 0.25) is 0 Å². The Balaban J connectivity index is 2.02. The second-order valence-electron chi connectivity index (χ2n) is 3.92. The molecule has 1 aliphatic carbocycles. The molecule has 2 atom stereocenters. The SMILES string of the molecule is NCC1CCCC1N1CCNC1=O. The van der Waals surface area contributed by atoms with Gasteiger partial charge in [0.05, 0.1) is 0 Å². The summed E-state index contributed by atoms with van der Waals surface area (Å²) in [5.41, 5.74) is 5.68. The van der Waals surface area contributed by atoms with Crippen LogP contribution in [0, 0.1) is 5.92 Å². The molecule has 2 rings (SSSR count). The molecule has 2 aliphatic rings. The molecule has 0 radical (unpaired) electrons. The predicted molar refractivity (Wildman–Crippen MR) is 50.3 cm³/mol. The topological polar surface area (TPSA) is 58.4 Å². The van der Waals surface area contributed by atoms with Gasteiger partial charge in [0, 0.05) is 19.1 Å². The van der Waals surface area contributed by atoms with Gasteiger partial charge in [0.15, 0.2) is 0 Å². The molecule has 1 heterocycles. The lowest BCUT2D eigenvalue weighted by atomic mass is 10.0. The molecule has 0 spiro atoms. The lowest BCUT2D eigenvalue weighted by Gasteiger charge is -2.27. The standard InChI is InChI=1S/C9H17N3O/c10-6-7-2-1-3-8(7)12-5-4-11-9(12)13/h7-8H,1-6,10H2,(H,11,13). The molecule has 0 aromatic carbocycles. The highest BCUT2D eigenvalue weighted by Crippen LogP contribution is 2.29. The molecule has 4 nitrogen and oxygen atoms in total. The molecule has 3 N–H and O–H groups in total. The summed E-state index contributed by atoms with van der Waals surface area (Å²) in [6, 6.07) is 0.512. The summed E-state index contributed by atoms with van der Waals surface area (Å²) in [4.78, 5) is 13.4. The van der Waals surface area contributed by atoms with E-state index in [4.69, 9.17) is 5.73 Å². The van der Waals surface area contributed by atoms with Crippen molar-refractivity contribution in [2.75, 3.05) is 19.6 Å². The highest BCUT2D eigenvalue weighted by Gasteiger charge is 2.35. The maximum absolute atomic E-state index is 11.4. The molecule has 0 aromatic rings. The first-order valence-electron chi connectivity index (χ1n) is 5.07. The summed E-state index contributed by atoms with van der Waals surface area (Å²) in [5, 5.41) is 2.84. The zero-order chi connectivity index (χ0) is 9.26. The monoisotopic (exact) mass is 183 g/mol. The van der Waals surface area contributed by atoms with E-state index in [0.717, 1.165) is 19.5 Å². The van der Waals surface area contributed by atoms with Crippen molar-refractivity contribution in [1.29, 1.82) is 0 Å². The Morgan fingerprint density at radius 1 is 1.54 bits per heavy atom. The van der Waals surface area contributed by atoms with Crippen molar-refractivity contribution in [3.05, 3.63) is 0 Å². The third-order valence-corrected chi connectivity index (χ3v) is 3.21. The number of carbonyl (C=O) groups is 1. The van der Waals surface area contributed by atoms with Crippen LogP contribution in [-0.4, -0.2) is 36.6 Å². The molecule has 2 fully saturated rings. The second-order valence-corrected chi connectivity index (χ2v) is 3.92. The summed E-state index contributed by atoms with van der Waals surface area (Å²) in [5.74, 6) is 0.531. The first kappa shape index (κ1) is 8.81. The van der Waals surface area contributed by atoms with E-state index in [1.165, 1.54) is 12.8 Å². The largest absolute Gasteiger partial charge is 0.336 e. The summed E-state index contributed by atoms with van der Waals surface area (Å²) < 4.78 is 0. The van der Waals surface area contributed by atoms with Crippen LogP contribution in [0.1, 0.15) is 19.3 Å². The molecule has 1 aliphatic heterocycles. The van der Waals surface area contributed by atoms with Gasteiger partial charge in [-0.2, -0.15) is 0 Å². The number of carbonyl (C=O) groups excluding carboxylic acids is 1. The average Bonchev–Trinajstić information content (AvgIpc) is 2.71. The van der Waals surface area contributed by atoms with Crippen LogP contribution in [0.5, 0.6) is 0 Å². The van der Waals surface area contributed by atoms with E-state index >= 15 is 0 Å². The molecule has 1 saturated carbocycles. The van der Waals surface area contributed by atoms with E-state index in [-0.39, 0.29) is 6.03 Å². The quantitative estimate of drug-likeness (QED) is 0.639. The second kappa shape index (κ2) is 3.54. The summed E-state index contributed by atoms with van der Waals surface area (Å²) in [7, 11) is 0. The van der Waals surface area contributed by atoms with Gasteiger partial charge in [-0.15, -0.1) is 0 Å². The first-order valence-corrected chi connectivity index (χ1v) is 5.07. The molecular formula is C9H17N3O. The Kier molecular flexibility index (Phi) is 2.40. The normalized spacial score (nSPS) is 33.9. The minimum Gasteiger partial charge on any atom is -0.336 e. The fraction of sp³-hybridized carbons (Fsp3) is 0.889. The highest BCUT2D eigenvalue weighted by molar-refractivity contribution is 5.76. The molecule has 0 aromatic heterocycles. The van der Waals surface area contributed by atoms with E-state index in [9.17, 15) is 4.79 Å². The van der Waals surface area contributed by atoms with Crippen LogP contribution in [0.3, 0.4) is 0 Å². The van der Waals surface area contributed by atoms with Crippen LogP contribution in [0.25, 0.3) is 0 Å². The molecule has 1 saturated heterocycles. The number of nitrogens with two attached hydrogens (primary N) is 1. The van der Waals surface area contributed by atoms with Crippen LogP contribution in [0.15, 0.2) is 0 Å². The fourth-order valence-corrected chi connectivity index (χ4v) is 2.51. The fourth-order valence-electron chi connectivity index (χ4n) is 2.51. The smallest absolute Gasteiger partial charge is 0.317 e. The van der Waals surface area contributed by atoms with Crippen molar-refractivity contribution in [3.63, 3.8) is 0 Å². The van der Waals surface area contributed by atoms with E-state index in [2.05, 4.69) is 5.32 Å². The van der Waals surface area contributed by atoms with Crippen LogP contribution < -0.4 is 11.1 Å². The molecular weight excluding hydrogens is 166 g/mol. The van der Waals surface area contributed by atoms with Crippen molar-refractivity contribution in [2.45, 2.75) is 25.3 Å². The summed E-state index contributed by atoms with van der Waals surface area (Å²) >= 11 is 0. The third kappa shape index (κ3) is 1.50. The predicted octanol–water partition coefficient (Wildman–Crippen LogP) is 0.139. The van der Waals surface area contributed by atoms with E-state index in [1.54, 1.807) is 0 Å². The van der Waals surface area contributed by atoms with Crippen molar-refractivity contribution in [1.82, 2.24) is 10.2 Å². The highest BCUT2D eigenvalue weighted by atomic mass is 16.2. The van der Waals surface area contributed by atoms with Gasteiger partial charge in [0.25, 0.3) is 0 Å². The van der Waals surface area contributed by atoms with Gasteiger partial charge in [-0.05, 0) is 25.3 Å². The number of nitrogens with one attached hydrogen (secondary N) is 1. The lowest BCUT2D eigenvalue weighted by Crippen LogP contribution is -2.42. The number of rotatable bonds is 2. The van der Waals surface area contributed by atoms with E-state index in [0.29, 0.717) is 18.5 Å². The Morgan fingerprint density at radius 2 is 2.38 bits per heavy atom. The number of urea groups is 1. The minimum atomic E-state index is 0.102. The van der Waals surface area contributed by atoms with Gasteiger partial charge in [0.1, 0.15) is 0 Å². The molecule has 74 valence electrons. The Hall–Kier alpha value is -0.770. The number of hydrogen-bond acceptors (Lipinski definition) is 2. The maximum Gasteiger partial charge on any atom is 0.317 e. The zero-order valence-corrected chi connectivity index (χ0v) is 7.83. The van der Waals surface area contributed by atoms with Gasteiger partial charge < -0.3 is 16.0 Å². The van der Waals surface area contributed by atoms with Crippen molar-refractivity contribution in [3.8, 4) is 0 Å². The number of nitrogens with zero attached hydrogens (tertiary/aromatic N) is 1. The molecule has 13 heavy (non-hydrogen) atoms. The molecule has 2 unspecified atom stereocenters. The van der Waals surface area contributed by atoms with Crippen LogP contribution >= 0.6 is 0 Å². The average molecular weight is 183 g/mol. The Bertz CT molecular complexity index is 207. The van der Waals surface area contributed by atoms with Gasteiger partial charge in [0.2, 0.25) is 0 Å². The van der Waals surface area contributed by atoms with Crippen molar-refractivity contribution >= 4 is 6.03 Å². The van der Waals surface area contributed by atoms with Crippen molar-refractivity contribution < 1.29 is 4.79 Å². The maximum atomic E-state index is 11.4. The first-order chi connectivity index (χ1) is 6.33. The summed E-state index contributed by atoms with van der Waals surface area (Å²) in [6.45, 7) is 2.38. The minimum absolute atomic E-state index is 0.102. The van der Waals surface area contributed by atoms with Gasteiger partial charge in [-0.1, -0.05) is 6.42 Å². The van der Waals surface area contributed by atoms with Crippen molar-refractivity contribution in [2.24, 2.45) is 11.7 Å². The Morgan fingerprint density at radius 3 is 3.00 bits per heavy atom. The van der Waals surface area contributed by atoms with Gasteiger partial charge in [-0.25, -0.2) is 4.79 Å². The number of hydrogen-bond donors (Lipinski definition) is 2. The van der Waals surface area contributed by atoms with Crippen LogP contribution in [0.4, 0.5) is 4.79 Å². The van der Waals surface area contributed by atoms with Gasteiger partial charge in [-0.3, -0.25) is 0 Å². The number of amides is 2. The van der Waals surface area contributed by atoms with E-state index in [1.807, 2.05) is 4.90 Å². The lowest BCUT2D eigenvalue weighted by molar-refractivity contribution is 0.183. The summed E-state index contributed by atoms with van der Waals surface area (Å²) in [6.07, 6.45) is 3.54. The molecule has 0 bridgehead atoms. The Labute approximate surface area is 78.5 Å². The van der Waals surface area contributed by atoms with Gasteiger partial charge >= 0.3 is 6.03 Å². The third-order valence-electron chi connectivity index (χ3n) is 3.21. The van der Waals surface area contributed by atoms with Crippen LogP contribution in [-0.2, 0) is 0 Å². The van der Waals surface area contributed by atoms with E-state index < -0.39 is 0 Å². The molecule has 2 amide bonds. The zero-order valence-electron chi connectivity index (χ0n) is 7.83. The molecule has 4 heteroatoms.